The molecule has 1 aliphatic heterocycles. The first kappa shape index (κ1) is 6.89. The van der Waals surface area contributed by atoms with Crippen molar-refractivity contribution in [2.45, 2.75) is 12.5 Å². The Morgan fingerprint density at radius 1 is 1.33 bits per heavy atom. The van der Waals surface area contributed by atoms with Gasteiger partial charge in [0.2, 0.25) is 0 Å². The summed E-state index contributed by atoms with van der Waals surface area (Å²) in [6.45, 7) is 0.746. The van der Waals surface area contributed by atoms with Crippen LogP contribution in [0, 0.1) is 0 Å². The minimum atomic E-state index is -2.41. The fourth-order valence-corrected chi connectivity index (χ4v) is 0.651. The Morgan fingerprint density at radius 3 is 2.44 bits per heavy atom. The molecule has 2 nitrogen and oxygen atoms in total. The average molecular weight is 138 g/mol. The molecule has 0 amide bonds. The number of ether oxygens (including phenoxy) is 2. The predicted molar refractivity (Wildman–Crippen MR) is 26.6 cm³/mol. The van der Waals surface area contributed by atoms with Gasteiger partial charge in [-0.25, -0.2) is 8.78 Å². The van der Waals surface area contributed by atoms with Gasteiger partial charge in [0.05, 0.1) is 19.8 Å². The molecule has 0 saturated carbocycles. The molecule has 0 radical (unpaired) electrons. The molecule has 4 heteroatoms. The maximum atomic E-state index is 11.7. The minimum Gasteiger partial charge on any atom is -0.376 e. The van der Waals surface area contributed by atoms with E-state index in [2.05, 4.69) is 4.74 Å². The summed E-state index contributed by atoms with van der Waals surface area (Å²) < 4.78 is 32.8. The molecular weight excluding hydrogens is 130 g/mol. The van der Waals surface area contributed by atoms with Crippen LogP contribution >= 0.6 is 0 Å². The van der Waals surface area contributed by atoms with E-state index >= 15 is 0 Å². The minimum absolute atomic E-state index is 0.0255. The summed E-state index contributed by atoms with van der Waals surface area (Å²) in [6.07, 6.45) is -3.41. The van der Waals surface area contributed by atoms with Crippen molar-refractivity contribution in [1.29, 1.82) is 0 Å². The van der Waals surface area contributed by atoms with Crippen LogP contribution in [-0.4, -0.2) is 32.4 Å². The lowest BCUT2D eigenvalue weighted by Gasteiger charge is -2.21. The summed E-state index contributed by atoms with van der Waals surface area (Å²) in [6, 6.07) is 0. The zero-order valence-corrected chi connectivity index (χ0v) is 4.85. The monoisotopic (exact) mass is 138 g/mol. The first-order valence-electron chi connectivity index (χ1n) is 2.78. The molecule has 1 heterocycles. The van der Waals surface area contributed by atoms with Crippen molar-refractivity contribution < 1.29 is 18.3 Å². The number of alkyl halides is 2. The van der Waals surface area contributed by atoms with Gasteiger partial charge in [0.25, 0.3) is 6.43 Å². The van der Waals surface area contributed by atoms with Crippen molar-refractivity contribution >= 4 is 0 Å². The van der Waals surface area contributed by atoms with Crippen LogP contribution < -0.4 is 0 Å². The highest BCUT2D eigenvalue weighted by atomic mass is 19.3. The largest absolute Gasteiger partial charge is 0.376 e. The van der Waals surface area contributed by atoms with E-state index in [-0.39, 0.29) is 13.2 Å². The molecule has 1 saturated heterocycles. The van der Waals surface area contributed by atoms with E-state index in [0.29, 0.717) is 6.61 Å². The fourth-order valence-electron chi connectivity index (χ4n) is 0.651. The second-order valence-electron chi connectivity index (χ2n) is 1.82. The van der Waals surface area contributed by atoms with Gasteiger partial charge in [0.15, 0.2) is 0 Å². The molecule has 0 N–H and O–H groups in total. The van der Waals surface area contributed by atoms with Crippen LogP contribution in [0.3, 0.4) is 0 Å². The Balaban J connectivity index is 2.23. The van der Waals surface area contributed by atoms with Crippen LogP contribution in [-0.2, 0) is 9.47 Å². The Morgan fingerprint density at radius 2 is 2.11 bits per heavy atom. The van der Waals surface area contributed by atoms with Crippen molar-refractivity contribution in [2.24, 2.45) is 0 Å². The topological polar surface area (TPSA) is 18.5 Å². The SMILES string of the molecule is FC(F)C1COCCO1. The van der Waals surface area contributed by atoms with Crippen LogP contribution in [0.15, 0.2) is 0 Å². The third-order valence-corrected chi connectivity index (χ3v) is 1.12. The normalized spacial score (nSPS) is 29.0. The van der Waals surface area contributed by atoms with Gasteiger partial charge < -0.3 is 9.47 Å². The maximum Gasteiger partial charge on any atom is 0.266 e. The zero-order chi connectivity index (χ0) is 6.69. The van der Waals surface area contributed by atoms with E-state index in [1.54, 1.807) is 0 Å². The number of hydrogen-bond acceptors (Lipinski definition) is 2. The second-order valence-corrected chi connectivity index (χ2v) is 1.82. The predicted octanol–water partition coefficient (Wildman–Crippen LogP) is 0.667. The van der Waals surface area contributed by atoms with E-state index in [9.17, 15) is 8.78 Å². The van der Waals surface area contributed by atoms with Gasteiger partial charge in [-0.3, -0.25) is 0 Å². The summed E-state index contributed by atoms with van der Waals surface area (Å²) >= 11 is 0. The summed E-state index contributed by atoms with van der Waals surface area (Å²) in [7, 11) is 0. The second kappa shape index (κ2) is 3.08. The Hall–Kier alpha value is -0.220. The summed E-state index contributed by atoms with van der Waals surface area (Å²) in [4.78, 5) is 0. The van der Waals surface area contributed by atoms with Crippen LogP contribution in [0.5, 0.6) is 0 Å². The Labute approximate surface area is 51.8 Å². The molecule has 0 aromatic heterocycles. The zero-order valence-electron chi connectivity index (χ0n) is 4.85. The molecule has 0 aromatic rings. The summed E-state index contributed by atoms with van der Waals surface area (Å²) in [5.41, 5.74) is 0. The molecule has 0 aliphatic carbocycles. The molecule has 1 atom stereocenters. The summed E-state index contributed by atoms with van der Waals surface area (Å²) in [5.74, 6) is 0. The standard InChI is InChI=1S/C5H8F2O2/c6-5(7)4-3-8-1-2-9-4/h4-5H,1-3H2. The Kier molecular flexibility index (Phi) is 2.36. The van der Waals surface area contributed by atoms with Gasteiger partial charge in [-0.2, -0.15) is 0 Å². The lowest BCUT2D eigenvalue weighted by Crippen LogP contribution is -2.34. The van der Waals surface area contributed by atoms with E-state index in [1.807, 2.05) is 0 Å². The highest BCUT2D eigenvalue weighted by molar-refractivity contribution is 4.62. The molecule has 1 fully saturated rings. The molecule has 0 spiro atoms. The molecule has 9 heavy (non-hydrogen) atoms. The highest BCUT2D eigenvalue weighted by Gasteiger charge is 2.23. The van der Waals surface area contributed by atoms with Crippen molar-refractivity contribution in [3.63, 3.8) is 0 Å². The van der Waals surface area contributed by atoms with Crippen LogP contribution in [0.4, 0.5) is 8.78 Å². The molecule has 1 unspecified atom stereocenters. The summed E-state index contributed by atoms with van der Waals surface area (Å²) in [5, 5.41) is 0. The Bertz CT molecular complexity index is 81.0. The van der Waals surface area contributed by atoms with Crippen LogP contribution in [0.1, 0.15) is 0 Å². The number of hydrogen-bond donors (Lipinski definition) is 0. The van der Waals surface area contributed by atoms with E-state index in [4.69, 9.17) is 4.74 Å². The van der Waals surface area contributed by atoms with E-state index in [1.165, 1.54) is 0 Å². The van der Waals surface area contributed by atoms with Gasteiger partial charge in [0.1, 0.15) is 6.10 Å². The van der Waals surface area contributed by atoms with Crippen molar-refractivity contribution in [3.05, 3.63) is 0 Å². The molecule has 0 bridgehead atoms. The smallest absolute Gasteiger partial charge is 0.266 e. The van der Waals surface area contributed by atoms with Crippen molar-refractivity contribution in [1.82, 2.24) is 0 Å². The fraction of sp³-hybridized carbons (Fsp3) is 1.00. The van der Waals surface area contributed by atoms with Gasteiger partial charge in [0, 0.05) is 0 Å². The molecule has 54 valence electrons. The molecular formula is C5H8F2O2. The van der Waals surface area contributed by atoms with E-state index < -0.39 is 12.5 Å². The molecule has 1 rings (SSSR count). The average Bonchev–Trinajstić information content (AvgIpc) is 1.90. The third kappa shape index (κ3) is 1.87. The highest BCUT2D eigenvalue weighted by Crippen LogP contribution is 2.09. The lowest BCUT2D eigenvalue weighted by molar-refractivity contribution is -0.142. The van der Waals surface area contributed by atoms with Gasteiger partial charge >= 0.3 is 0 Å². The van der Waals surface area contributed by atoms with Crippen LogP contribution in [0.25, 0.3) is 0 Å². The quantitative estimate of drug-likeness (QED) is 0.530. The van der Waals surface area contributed by atoms with Crippen molar-refractivity contribution in [2.75, 3.05) is 19.8 Å². The van der Waals surface area contributed by atoms with Crippen molar-refractivity contribution in [3.8, 4) is 0 Å². The third-order valence-electron chi connectivity index (χ3n) is 1.12. The van der Waals surface area contributed by atoms with E-state index in [0.717, 1.165) is 0 Å². The molecule has 1 aliphatic rings. The maximum absolute atomic E-state index is 11.7. The number of rotatable bonds is 1. The first-order chi connectivity index (χ1) is 4.30. The lowest BCUT2D eigenvalue weighted by atomic mass is 10.4. The van der Waals surface area contributed by atoms with Gasteiger partial charge in [-0.05, 0) is 0 Å². The number of halogens is 2. The van der Waals surface area contributed by atoms with Gasteiger partial charge in [-0.15, -0.1) is 0 Å². The molecule has 0 aromatic carbocycles. The van der Waals surface area contributed by atoms with Crippen LogP contribution in [0.2, 0.25) is 0 Å². The van der Waals surface area contributed by atoms with Gasteiger partial charge in [-0.1, -0.05) is 0 Å². The first-order valence-corrected chi connectivity index (χ1v) is 2.78.